The number of carboxylic acids is 1. The number of hydrogen-bond acceptors (Lipinski definition) is 4. The summed E-state index contributed by atoms with van der Waals surface area (Å²) in [5.74, 6) is -1.65. The van der Waals surface area contributed by atoms with Gasteiger partial charge in [0.2, 0.25) is 5.91 Å². The van der Waals surface area contributed by atoms with Crippen molar-refractivity contribution >= 4 is 22.9 Å². The molecule has 2 N–H and O–H groups in total. The lowest BCUT2D eigenvalue weighted by molar-refractivity contribution is -0.142. The molecule has 0 fully saturated rings. The largest absolute Gasteiger partial charge is 0.480 e. The third-order valence-electron chi connectivity index (χ3n) is 3.05. The Balaban J connectivity index is 2.18. The van der Waals surface area contributed by atoms with Crippen LogP contribution in [0.3, 0.4) is 0 Å². The third-order valence-corrected chi connectivity index (χ3v) is 3.05. The Kier molecular flexibility index (Phi) is 4.47. The fraction of sp³-hybridized carbons (Fsp3) is 0.333. The SMILES string of the molecule is CC(C)C(=O)N[C@@H](Cc1cnc2ccccc2n1)C(=O)O. The van der Waals surface area contributed by atoms with Crippen LogP contribution < -0.4 is 5.32 Å². The molecule has 1 aromatic carbocycles. The highest BCUT2D eigenvalue weighted by Crippen LogP contribution is 2.10. The van der Waals surface area contributed by atoms with E-state index in [4.69, 9.17) is 0 Å². The Morgan fingerprint density at radius 1 is 1.24 bits per heavy atom. The molecule has 0 aliphatic carbocycles. The van der Waals surface area contributed by atoms with Gasteiger partial charge in [0.1, 0.15) is 6.04 Å². The Labute approximate surface area is 122 Å². The summed E-state index contributed by atoms with van der Waals surface area (Å²) in [6.45, 7) is 3.42. The van der Waals surface area contributed by atoms with Gasteiger partial charge in [-0.2, -0.15) is 0 Å². The highest BCUT2D eigenvalue weighted by atomic mass is 16.4. The monoisotopic (exact) mass is 287 g/mol. The van der Waals surface area contributed by atoms with Crippen molar-refractivity contribution in [3.63, 3.8) is 0 Å². The van der Waals surface area contributed by atoms with Gasteiger partial charge in [0.25, 0.3) is 0 Å². The first-order valence-corrected chi connectivity index (χ1v) is 6.71. The second kappa shape index (κ2) is 6.30. The molecule has 0 radical (unpaired) electrons. The number of fused-ring (bicyclic) bond motifs is 1. The molecule has 21 heavy (non-hydrogen) atoms. The van der Waals surface area contributed by atoms with E-state index in [1.807, 2.05) is 24.3 Å². The molecule has 0 saturated carbocycles. The van der Waals surface area contributed by atoms with Gasteiger partial charge in [0.05, 0.1) is 16.7 Å². The molecule has 0 bridgehead atoms. The van der Waals surface area contributed by atoms with E-state index in [0.717, 1.165) is 5.52 Å². The number of aromatic nitrogens is 2. The molecule has 1 aromatic heterocycles. The molecule has 6 nitrogen and oxygen atoms in total. The summed E-state index contributed by atoms with van der Waals surface area (Å²) < 4.78 is 0. The van der Waals surface area contributed by atoms with Gasteiger partial charge < -0.3 is 10.4 Å². The van der Waals surface area contributed by atoms with Crippen molar-refractivity contribution in [1.29, 1.82) is 0 Å². The summed E-state index contributed by atoms with van der Waals surface area (Å²) in [5, 5.41) is 11.7. The zero-order valence-electron chi connectivity index (χ0n) is 11.9. The molecule has 110 valence electrons. The van der Waals surface area contributed by atoms with Crippen LogP contribution in [0.2, 0.25) is 0 Å². The van der Waals surface area contributed by atoms with E-state index in [1.165, 1.54) is 0 Å². The average Bonchev–Trinajstić information content (AvgIpc) is 2.46. The van der Waals surface area contributed by atoms with Gasteiger partial charge in [-0.05, 0) is 12.1 Å². The van der Waals surface area contributed by atoms with Crippen molar-refractivity contribution < 1.29 is 14.7 Å². The number of benzene rings is 1. The number of hydrogen-bond donors (Lipinski definition) is 2. The van der Waals surface area contributed by atoms with Gasteiger partial charge >= 0.3 is 5.97 Å². The fourth-order valence-electron chi connectivity index (χ4n) is 1.84. The van der Waals surface area contributed by atoms with Crippen LogP contribution >= 0.6 is 0 Å². The second-order valence-electron chi connectivity index (χ2n) is 5.11. The molecule has 0 aliphatic heterocycles. The quantitative estimate of drug-likeness (QED) is 0.867. The van der Waals surface area contributed by atoms with E-state index in [2.05, 4.69) is 15.3 Å². The molecule has 2 aromatic rings. The van der Waals surface area contributed by atoms with Crippen LogP contribution in [-0.2, 0) is 16.0 Å². The van der Waals surface area contributed by atoms with Crippen LogP contribution in [0.25, 0.3) is 11.0 Å². The van der Waals surface area contributed by atoms with Crippen LogP contribution in [0.5, 0.6) is 0 Å². The lowest BCUT2D eigenvalue weighted by atomic mass is 10.1. The third kappa shape index (κ3) is 3.75. The van der Waals surface area contributed by atoms with E-state index in [1.54, 1.807) is 20.0 Å². The number of nitrogens with zero attached hydrogens (tertiary/aromatic N) is 2. The number of nitrogens with one attached hydrogen (secondary N) is 1. The van der Waals surface area contributed by atoms with Crippen molar-refractivity contribution in [2.24, 2.45) is 5.92 Å². The first-order chi connectivity index (χ1) is 9.97. The topological polar surface area (TPSA) is 92.2 Å². The van der Waals surface area contributed by atoms with Gasteiger partial charge in [0, 0.05) is 18.5 Å². The Morgan fingerprint density at radius 3 is 2.52 bits per heavy atom. The molecule has 0 saturated heterocycles. The smallest absolute Gasteiger partial charge is 0.326 e. The highest BCUT2D eigenvalue weighted by Gasteiger charge is 2.22. The number of carboxylic acid groups (broad SMARTS) is 1. The maximum Gasteiger partial charge on any atom is 0.326 e. The predicted molar refractivity (Wildman–Crippen MR) is 77.6 cm³/mol. The Hall–Kier alpha value is -2.50. The molecule has 0 unspecified atom stereocenters. The van der Waals surface area contributed by atoms with Gasteiger partial charge in [-0.25, -0.2) is 9.78 Å². The summed E-state index contributed by atoms with van der Waals surface area (Å²) in [6.07, 6.45) is 1.64. The lowest BCUT2D eigenvalue weighted by Gasteiger charge is -2.15. The molecule has 0 spiro atoms. The first kappa shape index (κ1) is 14.9. The molecule has 1 atom stereocenters. The fourth-order valence-corrected chi connectivity index (χ4v) is 1.84. The van der Waals surface area contributed by atoms with Crippen LogP contribution in [0.4, 0.5) is 0 Å². The zero-order chi connectivity index (χ0) is 15.4. The second-order valence-corrected chi connectivity index (χ2v) is 5.11. The van der Waals surface area contributed by atoms with Gasteiger partial charge in [-0.15, -0.1) is 0 Å². The minimum Gasteiger partial charge on any atom is -0.480 e. The zero-order valence-corrected chi connectivity index (χ0v) is 11.9. The number of carbonyl (C=O) groups excluding carboxylic acids is 1. The normalized spacial score (nSPS) is 12.3. The molecule has 2 rings (SSSR count). The highest BCUT2D eigenvalue weighted by molar-refractivity contribution is 5.84. The van der Waals surface area contributed by atoms with Crippen LogP contribution in [-0.4, -0.2) is 33.0 Å². The van der Waals surface area contributed by atoms with Crippen molar-refractivity contribution in [2.45, 2.75) is 26.3 Å². The summed E-state index contributed by atoms with van der Waals surface area (Å²) in [7, 11) is 0. The lowest BCUT2D eigenvalue weighted by Crippen LogP contribution is -2.44. The average molecular weight is 287 g/mol. The van der Waals surface area contributed by atoms with Crippen molar-refractivity contribution in [3.05, 3.63) is 36.2 Å². The maximum absolute atomic E-state index is 11.6. The minimum atomic E-state index is -1.08. The predicted octanol–water partition coefficient (Wildman–Crippen LogP) is 1.40. The summed E-state index contributed by atoms with van der Waals surface area (Å²) in [6, 6.07) is 6.35. The van der Waals surface area contributed by atoms with E-state index in [9.17, 15) is 14.7 Å². The van der Waals surface area contributed by atoms with E-state index in [-0.39, 0.29) is 18.2 Å². The molecule has 0 aliphatic rings. The number of amides is 1. The van der Waals surface area contributed by atoms with E-state index >= 15 is 0 Å². The number of rotatable bonds is 5. The molecular weight excluding hydrogens is 270 g/mol. The van der Waals surface area contributed by atoms with Gasteiger partial charge in [-0.3, -0.25) is 9.78 Å². The number of aliphatic carboxylic acids is 1. The molecule has 1 heterocycles. The van der Waals surface area contributed by atoms with Crippen molar-refractivity contribution in [3.8, 4) is 0 Å². The van der Waals surface area contributed by atoms with Crippen molar-refractivity contribution in [1.82, 2.24) is 15.3 Å². The summed E-state index contributed by atoms with van der Waals surface area (Å²) in [5.41, 5.74) is 1.99. The molecule has 6 heteroatoms. The standard InChI is InChI=1S/C15H17N3O3/c1-9(2)14(19)18-13(15(20)21)7-10-8-16-11-5-3-4-6-12(11)17-10/h3-6,8-9,13H,7H2,1-2H3,(H,18,19)(H,20,21)/t13-/m0/s1. The first-order valence-electron chi connectivity index (χ1n) is 6.71. The summed E-state index contributed by atoms with van der Waals surface area (Å²) in [4.78, 5) is 31.5. The van der Waals surface area contributed by atoms with Crippen molar-refractivity contribution in [2.75, 3.05) is 0 Å². The number of carbonyl (C=O) groups is 2. The maximum atomic E-state index is 11.6. The number of para-hydroxylation sites is 2. The molecule has 1 amide bonds. The van der Waals surface area contributed by atoms with Crippen LogP contribution in [0, 0.1) is 5.92 Å². The van der Waals surface area contributed by atoms with E-state index < -0.39 is 12.0 Å². The minimum absolute atomic E-state index is 0.103. The molecular formula is C15H17N3O3. The van der Waals surface area contributed by atoms with Gasteiger partial charge in [0.15, 0.2) is 0 Å². The van der Waals surface area contributed by atoms with Crippen LogP contribution in [0.15, 0.2) is 30.5 Å². The van der Waals surface area contributed by atoms with E-state index in [0.29, 0.717) is 11.2 Å². The summed E-state index contributed by atoms with van der Waals surface area (Å²) >= 11 is 0. The van der Waals surface area contributed by atoms with Crippen LogP contribution in [0.1, 0.15) is 19.5 Å². The van der Waals surface area contributed by atoms with Gasteiger partial charge in [-0.1, -0.05) is 26.0 Å². The Bertz CT molecular complexity index is 670. The Morgan fingerprint density at radius 2 is 1.90 bits per heavy atom.